The molecule has 2 aliphatic rings. The normalized spacial score (nSPS) is 16.4. The molecule has 0 saturated carbocycles. The van der Waals surface area contributed by atoms with Crippen LogP contribution in [0.15, 0.2) is 54.6 Å². The van der Waals surface area contributed by atoms with Crippen molar-refractivity contribution in [2.24, 2.45) is 0 Å². The number of benzene rings is 2. The maximum atomic E-state index is 12.8. The number of piperazine rings is 1. The summed E-state index contributed by atoms with van der Waals surface area (Å²) in [6.45, 7) is 4.33. The molecule has 9 heteroatoms. The number of hydrogen-bond donors (Lipinski definition) is 3. The van der Waals surface area contributed by atoms with E-state index >= 15 is 0 Å². The fourth-order valence-corrected chi connectivity index (χ4v) is 4.12. The molecule has 3 heterocycles. The van der Waals surface area contributed by atoms with Gasteiger partial charge in [0.15, 0.2) is 5.82 Å². The first-order valence-corrected chi connectivity index (χ1v) is 11.0. The van der Waals surface area contributed by atoms with E-state index in [0.717, 1.165) is 18.8 Å². The van der Waals surface area contributed by atoms with Crippen LogP contribution in [0.5, 0.6) is 11.5 Å². The smallest absolute Gasteiger partial charge is 0.254 e. The van der Waals surface area contributed by atoms with Crippen LogP contribution in [0.2, 0.25) is 0 Å². The highest BCUT2D eigenvalue weighted by atomic mass is 16.5. The van der Waals surface area contributed by atoms with E-state index in [2.05, 4.69) is 20.4 Å². The summed E-state index contributed by atoms with van der Waals surface area (Å²) in [5, 5.41) is 21.6. The minimum atomic E-state index is -0.0318. The number of aromatic hydroxyl groups is 1. The second-order valence-corrected chi connectivity index (χ2v) is 8.23. The number of carbonyl (C=O) groups excluding carboxylic acids is 1. The van der Waals surface area contributed by atoms with E-state index in [0.29, 0.717) is 54.6 Å². The molecule has 0 unspecified atom stereocenters. The Hall–Kier alpha value is -3.85. The number of nitrogens with zero attached hydrogens (tertiary/aromatic N) is 4. The van der Waals surface area contributed by atoms with Gasteiger partial charge in [-0.25, -0.2) is 0 Å². The van der Waals surface area contributed by atoms with Gasteiger partial charge < -0.3 is 30.7 Å². The zero-order valence-electron chi connectivity index (χ0n) is 18.1. The van der Waals surface area contributed by atoms with Crippen LogP contribution in [-0.2, 0) is 0 Å². The predicted molar refractivity (Wildman–Crippen MR) is 125 cm³/mol. The Morgan fingerprint density at radius 3 is 2.64 bits per heavy atom. The van der Waals surface area contributed by atoms with Crippen LogP contribution in [0, 0.1) is 0 Å². The molecule has 0 bridgehead atoms. The van der Waals surface area contributed by atoms with E-state index < -0.39 is 0 Å². The Kier molecular flexibility index (Phi) is 5.70. The quantitative estimate of drug-likeness (QED) is 0.543. The molecular formula is C24H26N6O3. The van der Waals surface area contributed by atoms with E-state index in [1.54, 1.807) is 18.2 Å². The summed E-state index contributed by atoms with van der Waals surface area (Å²) in [7, 11) is 0. The highest BCUT2D eigenvalue weighted by Gasteiger charge is 2.31. The van der Waals surface area contributed by atoms with E-state index in [1.807, 2.05) is 41.3 Å². The Morgan fingerprint density at radius 2 is 1.85 bits per heavy atom. The lowest BCUT2D eigenvalue weighted by Gasteiger charge is -2.40. The third kappa shape index (κ3) is 4.40. The molecule has 9 nitrogen and oxygen atoms in total. The fourth-order valence-electron chi connectivity index (χ4n) is 4.12. The van der Waals surface area contributed by atoms with Gasteiger partial charge in [-0.1, -0.05) is 18.2 Å². The summed E-state index contributed by atoms with van der Waals surface area (Å²) < 4.78 is 6.11. The number of nitrogen functional groups attached to an aromatic ring is 1. The number of para-hydroxylation sites is 1. The van der Waals surface area contributed by atoms with Gasteiger partial charge in [0.25, 0.3) is 5.91 Å². The second kappa shape index (κ2) is 8.95. The summed E-state index contributed by atoms with van der Waals surface area (Å²) in [5.41, 5.74) is 8.63. The summed E-state index contributed by atoms with van der Waals surface area (Å²) in [5.74, 6) is 1.18. The molecule has 0 aliphatic carbocycles. The maximum Gasteiger partial charge on any atom is 0.254 e. The molecule has 2 saturated heterocycles. The zero-order chi connectivity index (χ0) is 22.8. The van der Waals surface area contributed by atoms with E-state index in [4.69, 9.17) is 10.5 Å². The number of nitrogens with two attached hydrogens (primary N) is 1. The molecule has 2 aromatic carbocycles. The van der Waals surface area contributed by atoms with Crippen molar-refractivity contribution in [1.82, 2.24) is 20.4 Å². The van der Waals surface area contributed by atoms with Crippen molar-refractivity contribution < 1.29 is 14.6 Å². The molecule has 1 aromatic heterocycles. The second-order valence-electron chi connectivity index (χ2n) is 8.23. The standard InChI is InChI=1S/C24H26N6O3/c25-23-21(13-20(27-28-23)19-6-1-2-7-22(19)31)30-14-18(15-30)33-17-5-3-4-16(12-17)24(32)29-10-8-26-9-11-29/h1-7,12-13,18,26,31H,8-11,14-15H2,(H2,25,28). The number of amides is 1. The van der Waals surface area contributed by atoms with Crippen molar-refractivity contribution in [3.63, 3.8) is 0 Å². The van der Waals surface area contributed by atoms with Crippen molar-refractivity contribution in [3.05, 3.63) is 60.2 Å². The Balaban J connectivity index is 1.24. The van der Waals surface area contributed by atoms with Gasteiger partial charge in [-0.05, 0) is 36.4 Å². The highest BCUT2D eigenvalue weighted by Crippen LogP contribution is 2.33. The van der Waals surface area contributed by atoms with Crippen molar-refractivity contribution in [1.29, 1.82) is 0 Å². The number of anilines is 2. The van der Waals surface area contributed by atoms with Gasteiger partial charge in [0, 0.05) is 37.3 Å². The van der Waals surface area contributed by atoms with Crippen molar-refractivity contribution in [3.8, 4) is 22.8 Å². The molecule has 4 N–H and O–H groups in total. The average molecular weight is 447 g/mol. The summed E-state index contributed by atoms with van der Waals surface area (Å²) >= 11 is 0. The summed E-state index contributed by atoms with van der Waals surface area (Å²) in [6, 6.07) is 16.2. The lowest BCUT2D eigenvalue weighted by molar-refractivity contribution is 0.0734. The predicted octanol–water partition coefficient (Wildman–Crippen LogP) is 1.74. The maximum absolute atomic E-state index is 12.8. The molecule has 1 amide bonds. The van der Waals surface area contributed by atoms with Crippen LogP contribution >= 0.6 is 0 Å². The molecule has 33 heavy (non-hydrogen) atoms. The number of aromatic nitrogens is 2. The molecule has 170 valence electrons. The molecule has 2 aliphatic heterocycles. The minimum absolute atomic E-state index is 0.0318. The Labute approximate surface area is 191 Å². The molecule has 5 rings (SSSR count). The van der Waals surface area contributed by atoms with E-state index in [9.17, 15) is 9.90 Å². The SMILES string of the molecule is Nc1nnc(-c2ccccc2O)cc1N1CC(Oc2cccc(C(=O)N3CCNCC3)c2)C1. The number of carbonyl (C=O) groups is 1. The third-order valence-corrected chi connectivity index (χ3v) is 5.96. The number of nitrogens with one attached hydrogen (secondary N) is 1. The lowest BCUT2D eigenvalue weighted by atomic mass is 10.1. The van der Waals surface area contributed by atoms with Crippen molar-refractivity contribution >= 4 is 17.4 Å². The van der Waals surface area contributed by atoms with Crippen LogP contribution in [0.25, 0.3) is 11.3 Å². The van der Waals surface area contributed by atoms with Crippen LogP contribution in [-0.4, -0.2) is 71.5 Å². The first kappa shape index (κ1) is 21.0. The van der Waals surface area contributed by atoms with Crippen LogP contribution in [0.1, 0.15) is 10.4 Å². The van der Waals surface area contributed by atoms with Gasteiger partial charge in [-0.15, -0.1) is 10.2 Å². The van der Waals surface area contributed by atoms with Gasteiger partial charge in [-0.3, -0.25) is 4.79 Å². The lowest BCUT2D eigenvalue weighted by Crippen LogP contribution is -2.54. The Bertz CT molecular complexity index is 1160. The van der Waals surface area contributed by atoms with Gasteiger partial charge >= 0.3 is 0 Å². The highest BCUT2D eigenvalue weighted by molar-refractivity contribution is 5.94. The number of rotatable bonds is 5. The van der Waals surface area contributed by atoms with Gasteiger partial charge in [-0.2, -0.15) is 0 Å². The number of phenols is 1. The summed E-state index contributed by atoms with van der Waals surface area (Å²) in [4.78, 5) is 16.7. The topological polar surface area (TPSA) is 117 Å². The van der Waals surface area contributed by atoms with Crippen LogP contribution in [0.4, 0.5) is 11.5 Å². The van der Waals surface area contributed by atoms with Crippen molar-refractivity contribution in [2.75, 3.05) is 49.9 Å². The largest absolute Gasteiger partial charge is 0.507 e. The molecule has 0 radical (unpaired) electrons. The number of hydrogen-bond acceptors (Lipinski definition) is 8. The fraction of sp³-hybridized carbons (Fsp3) is 0.292. The van der Waals surface area contributed by atoms with Gasteiger partial charge in [0.1, 0.15) is 17.6 Å². The van der Waals surface area contributed by atoms with Crippen LogP contribution in [0.3, 0.4) is 0 Å². The first-order valence-electron chi connectivity index (χ1n) is 11.0. The minimum Gasteiger partial charge on any atom is -0.507 e. The third-order valence-electron chi connectivity index (χ3n) is 5.96. The molecule has 2 fully saturated rings. The summed E-state index contributed by atoms with van der Waals surface area (Å²) in [6.07, 6.45) is -0.0318. The zero-order valence-corrected chi connectivity index (χ0v) is 18.1. The average Bonchev–Trinajstić information content (AvgIpc) is 2.82. The molecular weight excluding hydrogens is 420 g/mol. The van der Waals surface area contributed by atoms with Crippen molar-refractivity contribution in [2.45, 2.75) is 6.10 Å². The Morgan fingerprint density at radius 1 is 1.06 bits per heavy atom. The first-order chi connectivity index (χ1) is 16.1. The van der Waals surface area contributed by atoms with Gasteiger partial charge in [0.05, 0.1) is 24.5 Å². The molecule has 0 spiro atoms. The number of ether oxygens (including phenoxy) is 1. The van der Waals surface area contributed by atoms with Gasteiger partial charge in [0.2, 0.25) is 0 Å². The van der Waals surface area contributed by atoms with Crippen LogP contribution < -0.4 is 20.7 Å². The van der Waals surface area contributed by atoms with E-state index in [-0.39, 0.29) is 17.8 Å². The molecule has 3 aromatic rings. The monoisotopic (exact) mass is 446 g/mol. The number of phenolic OH excluding ortho intramolecular Hbond substituents is 1. The molecule has 0 atom stereocenters. The van der Waals surface area contributed by atoms with E-state index in [1.165, 1.54) is 0 Å².